The van der Waals surface area contributed by atoms with E-state index in [0.717, 1.165) is 12.1 Å². The summed E-state index contributed by atoms with van der Waals surface area (Å²) in [4.78, 5) is 37.5. The number of rotatable bonds is 9. The van der Waals surface area contributed by atoms with E-state index in [4.69, 9.17) is 14.2 Å². The van der Waals surface area contributed by atoms with E-state index < -0.39 is 5.97 Å². The maximum absolute atomic E-state index is 12.2. The number of benzene rings is 2. The van der Waals surface area contributed by atoms with Crippen molar-refractivity contribution < 1.29 is 28.6 Å². The SMILES string of the molecule is CCOc1ccc(OCC(=O)OCC(=O)c2ccc(N3CCCC3=O)cc2)cc1. The zero-order chi connectivity index (χ0) is 20.6. The Morgan fingerprint density at radius 3 is 2.17 bits per heavy atom. The van der Waals surface area contributed by atoms with Crippen molar-refractivity contribution in [3.8, 4) is 11.5 Å². The average Bonchev–Trinajstić information content (AvgIpc) is 3.17. The Kier molecular flexibility index (Phi) is 6.84. The largest absolute Gasteiger partial charge is 0.494 e. The van der Waals surface area contributed by atoms with Crippen LogP contribution in [0.3, 0.4) is 0 Å². The number of hydrogen-bond donors (Lipinski definition) is 0. The zero-order valence-corrected chi connectivity index (χ0v) is 16.3. The molecule has 7 heteroatoms. The Morgan fingerprint density at radius 1 is 0.931 bits per heavy atom. The van der Waals surface area contributed by atoms with E-state index in [1.807, 2.05) is 6.92 Å². The molecule has 1 amide bonds. The molecule has 1 fully saturated rings. The zero-order valence-electron chi connectivity index (χ0n) is 16.3. The molecule has 0 bridgehead atoms. The minimum absolute atomic E-state index is 0.0885. The van der Waals surface area contributed by atoms with Gasteiger partial charge >= 0.3 is 5.97 Å². The average molecular weight is 397 g/mol. The number of anilines is 1. The van der Waals surface area contributed by atoms with E-state index in [1.165, 1.54) is 0 Å². The van der Waals surface area contributed by atoms with E-state index in [2.05, 4.69) is 0 Å². The van der Waals surface area contributed by atoms with Crippen LogP contribution in [0, 0.1) is 0 Å². The van der Waals surface area contributed by atoms with Crippen molar-refractivity contribution >= 4 is 23.3 Å². The molecule has 1 aliphatic heterocycles. The van der Waals surface area contributed by atoms with Crippen molar-refractivity contribution in [3.05, 3.63) is 54.1 Å². The predicted octanol–water partition coefficient (Wildman–Crippen LogP) is 3.02. The summed E-state index contributed by atoms with van der Waals surface area (Å²) in [6.07, 6.45) is 1.39. The van der Waals surface area contributed by atoms with Crippen LogP contribution >= 0.6 is 0 Å². The van der Waals surface area contributed by atoms with E-state index >= 15 is 0 Å². The highest BCUT2D eigenvalue weighted by molar-refractivity contribution is 5.99. The second kappa shape index (κ2) is 9.73. The van der Waals surface area contributed by atoms with E-state index in [-0.39, 0.29) is 24.9 Å². The number of ketones is 1. The van der Waals surface area contributed by atoms with Gasteiger partial charge < -0.3 is 19.1 Å². The molecule has 29 heavy (non-hydrogen) atoms. The highest BCUT2D eigenvalue weighted by atomic mass is 16.6. The lowest BCUT2D eigenvalue weighted by molar-refractivity contribution is -0.144. The third kappa shape index (κ3) is 5.57. The number of nitrogens with zero attached hydrogens (tertiary/aromatic N) is 1. The standard InChI is InChI=1S/C22H23NO6/c1-2-27-18-9-11-19(12-10-18)28-15-22(26)29-14-20(24)16-5-7-17(8-6-16)23-13-3-4-21(23)25/h5-12H,2-4,13-15H2,1H3. The van der Waals surface area contributed by atoms with Crippen LogP contribution in [0.2, 0.25) is 0 Å². The summed E-state index contributed by atoms with van der Waals surface area (Å²) < 4.78 is 15.7. The van der Waals surface area contributed by atoms with Crippen molar-refractivity contribution in [2.24, 2.45) is 0 Å². The predicted molar refractivity (Wildman–Crippen MR) is 106 cm³/mol. The van der Waals surface area contributed by atoms with Crippen LogP contribution in [0.5, 0.6) is 11.5 Å². The lowest BCUT2D eigenvalue weighted by Gasteiger charge is -2.15. The maximum Gasteiger partial charge on any atom is 0.344 e. The number of ether oxygens (including phenoxy) is 3. The van der Waals surface area contributed by atoms with Gasteiger partial charge in [0.15, 0.2) is 19.0 Å². The van der Waals surface area contributed by atoms with Gasteiger partial charge in [-0.05, 0) is 61.9 Å². The summed E-state index contributed by atoms with van der Waals surface area (Å²) in [5.41, 5.74) is 1.19. The lowest BCUT2D eigenvalue weighted by atomic mass is 10.1. The normalized spacial score (nSPS) is 13.3. The van der Waals surface area contributed by atoms with Crippen molar-refractivity contribution in [2.45, 2.75) is 19.8 Å². The molecule has 152 valence electrons. The summed E-state index contributed by atoms with van der Waals surface area (Å²) in [5, 5.41) is 0. The molecular weight excluding hydrogens is 374 g/mol. The number of carbonyl (C=O) groups is 3. The summed E-state index contributed by atoms with van der Waals surface area (Å²) in [5.74, 6) is 0.354. The minimum Gasteiger partial charge on any atom is -0.494 e. The summed E-state index contributed by atoms with van der Waals surface area (Å²) in [7, 11) is 0. The molecule has 3 rings (SSSR count). The molecule has 0 N–H and O–H groups in total. The third-order valence-electron chi connectivity index (χ3n) is 4.43. The van der Waals surface area contributed by atoms with Crippen molar-refractivity contribution in [1.82, 2.24) is 0 Å². The molecule has 0 aliphatic carbocycles. The van der Waals surface area contributed by atoms with Gasteiger partial charge in [-0.2, -0.15) is 0 Å². The Morgan fingerprint density at radius 2 is 1.59 bits per heavy atom. The maximum atomic E-state index is 12.2. The monoisotopic (exact) mass is 397 g/mol. The van der Waals surface area contributed by atoms with Crippen LogP contribution in [-0.4, -0.2) is 44.0 Å². The first-order chi connectivity index (χ1) is 14.1. The molecule has 2 aromatic rings. The Balaban J connectivity index is 1.43. The number of Topliss-reactive ketones (excluding diaryl/α,β-unsaturated/α-hetero) is 1. The molecule has 0 aromatic heterocycles. The van der Waals surface area contributed by atoms with Crippen LogP contribution in [0.1, 0.15) is 30.1 Å². The number of amides is 1. The molecule has 2 aromatic carbocycles. The first-order valence-electron chi connectivity index (χ1n) is 9.51. The van der Waals surface area contributed by atoms with Crippen LogP contribution in [0.25, 0.3) is 0 Å². The topological polar surface area (TPSA) is 82.1 Å². The second-order valence-electron chi connectivity index (χ2n) is 6.47. The molecule has 0 unspecified atom stereocenters. The molecule has 1 heterocycles. The van der Waals surface area contributed by atoms with Crippen LogP contribution in [-0.2, 0) is 14.3 Å². The van der Waals surface area contributed by atoms with Crippen molar-refractivity contribution in [3.63, 3.8) is 0 Å². The molecule has 1 aliphatic rings. The van der Waals surface area contributed by atoms with Gasteiger partial charge in [-0.1, -0.05) is 0 Å². The van der Waals surface area contributed by atoms with Crippen LogP contribution in [0.4, 0.5) is 5.69 Å². The molecule has 0 saturated carbocycles. The second-order valence-corrected chi connectivity index (χ2v) is 6.47. The van der Waals surface area contributed by atoms with Gasteiger partial charge in [-0.15, -0.1) is 0 Å². The summed E-state index contributed by atoms with van der Waals surface area (Å²) >= 11 is 0. The minimum atomic E-state index is -0.633. The molecule has 1 saturated heterocycles. The molecule has 0 atom stereocenters. The van der Waals surface area contributed by atoms with Crippen molar-refractivity contribution in [1.29, 1.82) is 0 Å². The van der Waals surface area contributed by atoms with Crippen LogP contribution in [0.15, 0.2) is 48.5 Å². The fourth-order valence-electron chi connectivity index (χ4n) is 2.96. The summed E-state index contributed by atoms with van der Waals surface area (Å²) in [6.45, 7) is 2.49. The fourth-order valence-corrected chi connectivity index (χ4v) is 2.96. The van der Waals surface area contributed by atoms with Crippen molar-refractivity contribution in [2.75, 3.05) is 31.3 Å². The highest BCUT2D eigenvalue weighted by Gasteiger charge is 2.21. The first kappa shape index (κ1) is 20.4. The van der Waals surface area contributed by atoms with Gasteiger partial charge in [-0.3, -0.25) is 9.59 Å². The lowest BCUT2D eigenvalue weighted by Crippen LogP contribution is -2.23. The molecule has 7 nitrogen and oxygen atoms in total. The summed E-state index contributed by atoms with van der Waals surface area (Å²) in [6, 6.07) is 13.6. The Hall–Kier alpha value is -3.35. The number of carbonyl (C=O) groups excluding carboxylic acids is 3. The van der Waals surface area contributed by atoms with Gasteiger partial charge in [0.25, 0.3) is 0 Å². The fraction of sp³-hybridized carbons (Fsp3) is 0.318. The van der Waals surface area contributed by atoms with E-state index in [1.54, 1.807) is 53.4 Å². The van der Waals surface area contributed by atoms with E-state index in [9.17, 15) is 14.4 Å². The molecule has 0 radical (unpaired) electrons. The Labute approximate surface area is 169 Å². The third-order valence-corrected chi connectivity index (χ3v) is 4.43. The van der Waals surface area contributed by atoms with Gasteiger partial charge in [0.05, 0.1) is 6.61 Å². The van der Waals surface area contributed by atoms with Gasteiger partial charge in [0.2, 0.25) is 5.91 Å². The number of hydrogen-bond acceptors (Lipinski definition) is 6. The highest BCUT2D eigenvalue weighted by Crippen LogP contribution is 2.22. The first-order valence-corrected chi connectivity index (χ1v) is 9.51. The molecule has 0 spiro atoms. The quantitative estimate of drug-likeness (QED) is 0.478. The van der Waals surface area contributed by atoms with E-state index in [0.29, 0.717) is 36.6 Å². The Bertz CT molecular complexity index is 860. The van der Waals surface area contributed by atoms with Crippen LogP contribution < -0.4 is 14.4 Å². The van der Waals surface area contributed by atoms with Gasteiger partial charge in [0.1, 0.15) is 11.5 Å². The molecular formula is C22H23NO6. The smallest absolute Gasteiger partial charge is 0.344 e. The van der Waals surface area contributed by atoms with Gasteiger partial charge in [0, 0.05) is 24.2 Å². The van der Waals surface area contributed by atoms with Gasteiger partial charge in [-0.25, -0.2) is 4.79 Å². The number of esters is 1.